The molecule has 0 saturated heterocycles. The van der Waals surface area contributed by atoms with Gasteiger partial charge in [-0.05, 0) is 54.2 Å². The van der Waals surface area contributed by atoms with Crippen molar-refractivity contribution in [3.05, 3.63) is 94.3 Å². The number of rotatable bonds is 4. The third kappa shape index (κ3) is 3.60. The van der Waals surface area contributed by atoms with Crippen LogP contribution in [-0.2, 0) is 12.0 Å². The predicted molar refractivity (Wildman–Crippen MR) is 142 cm³/mol. The average Bonchev–Trinajstić information content (AvgIpc) is 3.20. The molecular formula is C30H30N2O2. The molecule has 0 aliphatic heterocycles. The van der Waals surface area contributed by atoms with Gasteiger partial charge in [0.15, 0.2) is 5.58 Å². The monoisotopic (exact) mass is 450 g/mol. The van der Waals surface area contributed by atoms with E-state index in [1.54, 1.807) is 0 Å². The molecule has 0 aliphatic carbocycles. The lowest BCUT2D eigenvalue weighted by Gasteiger charge is -2.19. The van der Waals surface area contributed by atoms with Gasteiger partial charge in [0.2, 0.25) is 5.88 Å². The van der Waals surface area contributed by atoms with E-state index in [2.05, 4.69) is 63.3 Å². The van der Waals surface area contributed by atoms with E-state index < -0.39 is 0 Å². The van der Waals surface area contributed by atoms with Gasteiger partial charge in [-0.1, -0.05) is 75.4 Å². The molecule has 0 bridgehead atoms. The lowest BCUT2D eigenvalue weighted by molar-refractivity contribution is 0.590. The van der Waals surface area contributed by atoms with E-state index in [9.17, 15) is 4.79 Å². The first-order chi connectivity index (χ1) is 16.3. The molecule has 0 atom stereocenters. The van der Waals surface area contributed by atoms with Crippen LogP contribution in [0.5, 0.6) is 0 Å². The molecule has 2 heterocycles. The summed E-state index contributed by atoms with van der Waals surface area (Å²) in [4.78, 5) is 13.8. The molecule has 0 saturated carbocycles. The van der Waals surface area contributed by atoms with Crippen LogP contribution < -0.4 is 10.9 Å². The summed E-state index contributed by atoms with van der Waals surface area (Å²) in [5.74, 6) is 0.587. The Morgan fingerprint density at radius 1 is 0.912 bits per heavy atom. The zero-order chi connectivity index (χ0) is 24.0. The molecule has 172 valence electrons. The summed E-state index contributed by atoms with van der Waals surface area (Å²) in [7, 11) is 0. The first-order valence-electron chi connectivity index (χ1n) is 11.8. The zero-order valence-electron chi connectivity index (χ0n) is 20.4. The van der Waals surface area contributed by atoms with Crippen molar-refractivity contribution in [3.8, 4) is 11.1 Å². The molecule has 2 aromatic heterocycles. The molecule has 4 nitrogen and oxygen atoms in total. The first-order valence-corrected chi connectivity index (χ1v) is 11.8. The van der Waals surface area contributed by atoms with E-state index in [0.29, 0.717) is 23.4 Å². The van der Waals surface area contributed by atoms with Crippen molar-refractivity contribution in [1.82, 2.24) is 4.57 Å². The van der Waals surface area contributed by atoms with Gasteiger partial charge >= 0.3 is 0 Å². The Morgan fingerprint density at radius 3 is 2.26 bits per heavy atom. The molecule has 0 fully saturated rings. The van der Waals surface area contributed by atoms with E-state index in [0.717, 1.165) is 33.3 Å². The number of para-hydroxylation sites is 2. The minimum absolute atomic E-state index is 0.0346. The van der Waals surface area contributed by atoms with Crippen molar-refractivity contribution < 1.29 is 4.42 Å². The lowest BCUT2D eigenvalue weighted by Crippen LogP contribution is -2.19. The molecule has 0 spiro atoms. The van der Waals surface area contributed by atoms with Crippen molar-refractivity contribution in [3.63, 3.8) is 0 Å². The number of hydrogen-bond acceptors (Lipinski definition) is 3. The Hall–Kier alpha value is -3.79. The number of benzene rings is 3. The van der Waals surface area contributed by atoms with E-state index in [4.69, 9.17) is 4.42 Å². The molecule has 4 heteroatoms. The van der Waals surface area contributed by atoms with Crippen molar-refractivity contribution in [2.45, 2.75) is 46.6 Å². The average molecular weight is 451 g/mol. The number of furan rings is 1. The zero-order valence-corrected chi connectivity index (χ0v) is 20.4. The van der Waals surface area contributed by atoms with Crippen LogP contribution >= 0.6 is 0 Å². The standard InChI is InChI=1S/C30H30N2O2/c1-6-32-24-14-10-8-12-22(24)27-26(29(32)33)25(20-15-17-21(18-16-20)30(3,4)5)28(34-27)31-23-13-9-7-11-19(23)2/h7-18,31H,6H2,1-5H3. The van der Waals surface area contributed by atoms with Crippen LogP contribution in [0.3, 0.4) is 0 Å². The molecule has 0 amide bonds. The van der Waals surface area contributed by atoms with Gasteiger partial charge in [0.25, 0.3) is 5.56 Å². The second kappa shape index (κ2) is 8.21. The summed E-state index contributed by atoms with van der Waals surface area (Å²) in [6, 6.07) is 24.5. The Balaban J connectivity index is 1.85. The van der Waals surface area contributed by atoms with Gasteiger partial charge in [-0.15, -0.1) is 0 Å². The number of pyridine rings is 1. The quantitative estimate of drug-likeness (QED) is 0.304. The van der Waals surface area contributed by atoms with Crippen molar-refractivity contribution in [2.24, 2.45) is 0 Å². The largest absolute Gasteiger partial charge is 0.439 e. The summed E-state index contributed by atoms with van der Waals surface area (Å²) in [5.41, 5.74) is 6.58. The number of fused-ring (bicyclic) bond motifs is 3. The van der Waals surface area contributed by atoms with E-state index >= 15 is 0 Å². The fourth-order valence-electron chi connectivity index (χ4n) is 4.62. The van der Waals surface area contributed by atoms with Crippen molar-refractivity contribution >= 4 is 33.4 Å². The summed E-state index contributed by atoms with van der Waals surface area (Å²) in [5, 5.41) is 5.03. The Labute approximate surface area is 199 Å². The number of aromatic nitrogens is 1. The molecule has 5 aromatic rings. The highest BCUT2D eigenvalue weighted by Crippen LogP contribution is 2.41. The summed E-state index contributed by atoms with van der Waals surface area (Å²) in [6.45, 7) is 11.3. The van der Waals surface area contributed by atoms with Crippen LogP contribution in [0.15, 0.2) is 82.0 Å². The molecule has 1 N–H and O–H groups in total. The highest BCUT2D eigenvalue weighted by molar-refractivity contribution is 6.11. The fourth-order valence-corrected chi connectivity index (χ4v) is 4.62. The van der Waals surface area contributed by atoms with Crippen LogP contribution in [0.1, 0.15) is 38.8 Å². The number of anilines is 2. The molecule has 34 heavy (non-hydrogen) atoms. The number of nitrogens with one attached hydrogen (secondary N) is 1. The van der Waals surface area contributed by atoms with Gasteiger partial charge in [0, 0.05) is 17.6 Å². The van der Waals surface area contributed by atoms with Crippen LogP contribution in [-0.4, -0.2) is 4.57 Å². The van der Waals surface area contributed by atoms with Gasteiger partial charge in [-0.25, -0.2) is 0 Å². The SMILES string of the molecule is CCn1c(=O)c2c(-c3ccc(C(C)(C)C)cc3)c(Nc3ccccc3C)oc2c2ccccc21. The smallest absolute Gasteiger partial charge is 0.262 e. The van der Waals surface area contributed by atoms with Gasteiger partial charge in [-0.3, -0.25) is 4.79 Å². The molecule has 0 unspecified atom stereocenters. The highest BCUT2D eigenvalue weighted by atomic mass is 16.4. The molecule has 3 aromatic carbocycles. The van der Waals surface area contributed by atoms with E-state index in [1.165, 1.54) is 5.56 Å². The van der Waals surface area contributed by atoms with E-state index in [1.807, 2.05) is 54.0 Å². The second-order valence-corrected chi connectivity index (χ2v) is 9.84. The maximum absolute atomic E-state index is 13.8. The minimum atomic E-state index is -0.0346. The third-order valence-corrected chi connectivity index (χ3v) is 6.56. The number of nitrogens with zero attached hydrogens (tertiary/aromatic N) is 1. The summed E-state index contributed by atoms with van der Waals surface area (Å²) < 4.78 is 8.31. The third-order valence-electron chi connectivity index (χ3n) is 6.56. The highest BCUT2D eigenvalue weighted by Gasteiger charge is 2.24. The first kappa shape index (κ1) is 22.0. The molecule has 0 aliphatic rings. The predicted octanol–water partition coefficient (Wildman–Crippen LogP) is 7.78. The molecule has 5 rings (SSSR count). The van der Waals surface area contributed by atoms with Crippen molar-refractivity contribution in [2.75, 3.05) is 5.32 Å². The second-order valence-electron chi connectivity index (χ2n) is 9.84. The van der Waals surface area contributed by atoms with Gasteiger partial charge < -0.3 is 14.3 Å². The maximum Gasteiger partial charge on any atom is 0.262 e. The summed E-state index contributed by atoms with van der Waals surface area (Å²) >= 11 is 0. The van der Waals surface area contributed by atoms with Crippen LogP contribution in [0.2, 0.25) is 0 Å². The van der Waals surface area contributed by atoms with Gasteiger partial charge in [0.1, 0.15) is 0 Å². The minimum Gasteiger partial charge on any atom is -0.439 e. The van der Waals surface area contributed by atoms with Crippen molar-refractivity contribution in [1.29, 1.82) is 0 Å². The Kier molecular flexibility index (Phi) is 5.32. The number of hydrogen-bond donors (Lipinski definition) is 1. The van der Waals surface area contributed by atoms with E-state index in [-0.39, 0.29) is 11.0 Å². The topological polar surface area (TPSA) is 47.2 Å². The van der Waals surface area contributed by atoms with Crippen LogP contribution in [0, 0.1) is 6.92 Å². The summed E-state index contributed by atoms with van der Waals surface area (Å²) in [6.07, 6.45) is 0. The lowest BCUT2D eigenvalue weighted by atomic mass is 9.86. The van der Waals surface area contributed by atoms with Crippen LogP contribution in [0.25, 0.3) is 33.0 Å². The normalized spacial score (nSPS) is 11.9. The maximum atomic E-state index is 13.8. The van der Waals surface area contributed by atoms with Gasteiger partial charge in [-0.2, -0.15) is 0 Å². The molecular weight excluding hydrogens is 420 g/mol. The van der Waals surface area contributed by atoms with Gasteiger partial charge in [0.05, 0.1) is 16.5 Å². The fraction of sp³-hybridized carbons (Fsp3) is 0.233. The molecule has 0 radical (unpaired) electrons. The van der Waals surface area contributed by atoms with Crippen LogP contribution in [0.4, 0.5) is 11.6 Å². The Morgan fingerprint density at radius 2 is 1.59 bits per heavy atom. The number of aryl methyl sites for hydroxylation is 2. The Bertz CT molecular complexity index is 1560.